The molecule has 0 radical (unpaired) electrons. The number of ketones is 1. The highest BCUT2D eigenvalue weighted by Crippen LogP contribution is 2.18. The molecule has 0 spiro atoms. The van der Waals surface area contributed by atoms with Crippen molar-refractivity contribution < 1.29 is 9.18 Å². The Balaban J connectivity index is 2.77. The van der Waals surface area contributed by atoms with Gasteiger partial charge in [0, 0.05) is 10.9 Å². The van der Waals surface area contributed by atoms with Gasteiger partial charge in [0.2, 0.25) is 0 Å². The van der Waals surface area contributed by atoms with Crippen molar-refractivity contribution in [3.8, 4) is 0 Å². The van der Waals surface area contributed by atoms with Crippen LogP contribution in [0.1, 0.15) is 37.0 Å². The minimum absolute atomic E-state index is 0.123. The zero-order valence-corrected chi connectivity index (χ0v) is 10.5. The number of hydrogen-bond acceptors (Lipinski definition) is 1. The fraction of sp³-hybridized carbons (Fsp3) is 0.417. The van der Waals surface area contributed by atoms with Gasteiger partial charge in [-0.05, 0) is 30.5 Å². The number of halogens is 2. The van der Waals surface area contributed by atoms with E-state index in [1.165, 1.54) is 12.1 Å². The molecule has 0 unspecified atom stereocenters. The van der Waals surface area contributed by atoms with E-state index in [0.29, 0.717) is 12.3 Å². The summed E-state index contributed by atoms with van der Waals surface area (Å²) in [6.45, 7) is 4.09. The molecular weight excluding hydrogens is 259 g/mol. The largest absolute Gasteiger partial charge is 0.294 e. The summed E-state index contributed by atoms with van der Waals surface area (Å²) in [5, 5.41) is 0. The van der Waals surface area contributed by atoms with Gasteiger partial charge in [-0.25, -0.2) is 4.39 Å². The highest BCUT2D eigenvalue weighted by Gasteiger charge is 2.12. The molecule has 0 atom stereocenters. The zero-order valence-electron chi connectivity index (χ0n) is 8.89. The van der Waals surface area contributed by atoms with Crippen molar-refractivity contribution in [2.24, 2.45) is 5.92 Å². The maximum Gasteiger partial charge on any atom is 0.165 e. The number of carbonyl (C=O) groups is 1. The van der Waals surface area contributed by atoms with Gasteiger partial charge in [-0.3, -0.25) is 4.79 Å². The molecule has 0 amide bonds. The van der Waals surface area contributed by atoms with Crippen molar-refractivity contribution >= 4 is 21.7 Å². The van der Waals surface area contributed by atoms with Crippen LogP contribution in [0.4, 0.5) is 4.39 Å². The number of benzene rings is 1. The maximum atomic E-state index is 13.3. The van der Waals surface area contributed by atoms with Gasteiger partial charge in [0.25, 0.3) is 0 Å². The van der Waals surface area contributed by atoms with Gasteiger partial charge in [-0.2, -0.15) is 0 Å². The van der Waals surface area contributed by atoms with Gasteiger partial charge < -0.3 is 0 Å². The third kappa shape index (κ3) is 3.74. The molecule has 82 valence electrons. The van der Waals surface area contributed by atoms with Crippen LogP contribution < -0.4 is 0 Å². The molecule has 0 aliphatic rings. The Kier molecular flexibility index (Phi) is 4.45. The second-order valence-corrected chi connectivity index (χ2v) is 4.90. The Labute approximate surface area is 97.8 Å². The van der Waals surface area contributed by atoms with Crippen molar-refractivity contribution in [3.05, 3.63) is 34.1 Å². The summed E-state index contributed by atoms with van der Waals surface area (Å²) in [5.74, 6) is -0.0985. The Morgan fingerprint density at radius 2 is 2.13 bits per heavy atom. The molecule has 0 saturated carbocycles. The summed E-state index contributed by atoms with van der Waals surface area (Å²) in [6.07, 6.45) is 1.20. The van der Waals surface area contributed by atoms with Crippen molar-refractivity contribution in [2.45, 2.75) is 26.7 Å². The zero-order chi connectivity index (χ0) is 11.4. The van der Waals surface area contributed by atoms with Crippen LogP contribution in [0.2, 0.25) is 0 Å². The van der Waals surface area contributed by atoms with Gasteiger partial charge in [0.1, 0.15) is 5.82 Å². The third-order valence-electron chi connectivity index (χ3n) is 2.18. The van der Waals surface area contributed by atoms with Crippen LogP contribution in [0.25, 0.3) is 0 Å². The predicted octanol–water partition coefficient (Wildman–Crippen LogP) is 4.21. The lowest BCUT2D eigenvalue weighted by atomic mass is 10.0. The molecule has 0 fully saturated rings. The van der Waals surface area contributed by atoms with E-state index in [1.54, 1.807) is 6.07 Å². The molecule has 15 heavy (non-hydrogen) atoms. The van der Waals surface area contributed by atoms with Crippen molar-refractivity contribution in [2.75, 3.05) is 0 Å². The van der Waals surface area contributed by atoms with Gasteiger partial charge in [0.05, 0.1) is 5.56 Å². The topological polar surface area (TPSA) is 17.1 Å². The van der Waals surface area contributed by atoms with E-state index in [1.807, 2.05) is 13.8 Å². The lowest BCUT2D eigenvalue weighted by Crippen LogP contribution is -2.04. The van der Waals surface area contributed by atoms with Crippen molar-refractivity contribution in [1.82, 2.24) is 0 Å². The van der Waals surface area contributed by atoms with Crippen LogP contribution in [0.3, 0.4) is 0 Å². The molecule has 1 aromatic rings. The molecule has 0 aromatic heterocycles. The Hall–Kier alpha value is -0.700. The van der Waals surface area contributed by atoms with E-state index in [9.17, 15) is 9.18 Å². The van der Waals surface area contributed by atoms with E-state index in [2.05, 4.69) is 15.9 Å². The van der Waals surface area contributed by atoms with Gasteiger partial charge >= 0.3 is 0 Å². The number of Topliss-reactive ketones (excluding diaryl/α,β-unsaturated/α-hetero) is 1. The molecule has 1 nitrogen and oxygen atoms in total. The van der Waals surface area contributed by atoms with Crippen LogP contribution in [0, 0.1) is 11.7 Å². The van der Waals surface area contributed by atoms with Gasteiger partial charge in [0.15, 0.2) is 5.78 Å². The van der Waals surface area contributed by atoms with Crippen LogP contribution >= 0.6 is 15.9 Å². The van der Waals surface area contributed by atoms with Gasteiger partial charge in [-0.1, -0.05) is 29.8 Å². The highest BCUT2D eigenvalue weighted by molar-refractivity contribution is 9.10. The van der Waals surface area contributed by atoms with Crippen LogP contribution in [-0.4, -0.2) is 5.78 Å². The van der Waals surface area contributed by atoms with Crippen LogP contribution in [0.15, 0.2) is 22.7 Å². The number of hydrogen-bond donors (Lipinski definition) is 0. The SMILES string of the molecule is CC(C)CCC(=O)c1cc(Br)ccc1F. The number of carbonyl (C=O) groups excluding carboxylic acids is 1. The predicted molar refractivity (Wildman–Crippen MR) is 62.5 cm³/mol. The minimum Gasteiger partial charge on any atom is -0.294 e. The van der Waals surface area contributed by atoms with Crippen LogP contribution in [0.5, 0.6) is 0 Å². The van der Waals surface area contributed by atoms with E-state index in [4.69, 9.17) is 0 Å². The summed E-state index contributed by atoms with van der Waals surface area (Å²) in [5.41, 5.74) is 0.185. The van der Waals surface area contributed by atoms with E-state index in [0.717, 1.165) is 10.9 Å². The molecule has 1 rings (SSSR count). The first-order valence-electron chi connectivity index (χ1n) is 4.99. The first-order valence-corrected chi connectivity index (χ1v) is 5.78. The fourth-order valence-corrected chi connectivity index (χ4v) is 1.63. The standard InChI is InChI=1S/C12H14BrFO/c1-8(2)3-6-12(15)10-7-9(13)4-5-11(10)14/h4-5,7-8H,3,6H2,1-2H3. The molecule has 0 N–H and O–H groups in total. The van der Waals surface area contributed by atoms with E-state index in [-0.39, 0.29) is 11.3 Å². The smallest absolute Gasteiger partial charge is 0.165 e. The molecule has 0 aliphatic carbocycles. The quantitative estimate of drug-likeness (QED) is 0.751. The second-order valence-electron chi connectivity index (χ2n) is 3.98. The molecule has 1 aromatic carbocycles. The fourth-order valence-electron chi connectivity index (χ4n) is 1.27. The summed E-state index contributed by atoms with van der Waals surface area (Å²) < 4.78 is 14.0. The molecule has 0 heterocycles. The average Bonchev–Trinajstić information content (AvgIpc) is 2.18. The Morgan fingerprint density at radius 1 is 1.47 bits per heavy atom. The lowest BCUT2D eigenvalue weighted by Gasteiger charge is -2.05. The lowest BCUT2D eigenvalue weighted by molar-refractivity contribution is 0.0971. The van der Waals surface area contributed by atoms with Crippen molar-refractivity contribution in [3.63, 3.8) is 0 Å². The minimum atomic E-state index is -0.438. The summed E-state index contributed by atoms with van der Waals surface area (Å²) >= 11 is 3.23. The average molecular weight is 273 g/mol. The monoisotopic (exact) mass is 272 g/mol. The first-order chi connectivity index (χ1) is 7.00. The van der Waals surface area contributed by atoms with Crippen molar-refractivity contribution in [1.29, 1.82) is 0 Å². The van der Waals surface area contributed by atoms with Crippen LogP contribution in [-0.2, 0) is 0 Å². The molecule has 0 aliphatic heterocycles. The Bertz CT molecular complexity index is 361. The molecular formula is C12H14BrFO. The second kappa shape index (κ2) is 5.40. The Morgan fingerprint density at radius 3 is 2.73 bits per heavy atom. The summed E-state index contributed by atoms with van der Waals surface area (Å²) in [4.78, 5) is 11.7. The van der Waals surface area contributed by atoms with E-state index < -0.39 is 5.82 Å². The maximum absolute atomic E-state index is 13.3. The summed E-state index contributed by atoms with van der Waals surface area (Å²) in [6, 6.07) is 4.44. The molecule has 3 heteroatoms. The third-order valence-corrected chi connectivity index (χ3v) is 2.67. The normalized spacial score (nSPS) is 10.7. The summed E-state index contributed by atoms with van der Waals surface area (Å²) in [7, 11) is 0. The highest BCUT2D eigenvalue weighted by atomic mass is 79.9. The molecule has 0 bridgehead atoms. The number of rotatable bonds is 4. The molecule has 0 saturated heterocycles. The van der Waals surface area contributed by atoms with Gasteiger partial charge in [-0.15, -0.1) is 0 Å². The first kappa shape index (κ1) is 12.4. The van der Waals surface area contributed by atoms with E-state index >= 15 is 0 Å².